The quantitative estimate of drug-likeness (QED) is 0.769. The fourth-order valence-electron chi connectivity index (χ4n) is 3.77. The van der Waals surface area contributed by atoms with Gasteiger partial charge in [0.15, 0.2) is 0 Å². The van der Waals surface area contributed by atoms with Crippen molar-refractivity contribution < 1.29 is 4.74 Å². The molecule has 1 fully saturated rings. The first kappa shape index (κ1) is 17.3. The van der Waals surface area contributed by atoms with Crippen molar-refractivity contribution >= 4 is 5.95 Å². The molecule has 2 N–H and O–H groups in total. The first-order valence-electron chi connectivity index (χ1n) is 9.14. The second kappa shape index (κ2) is 6.91. The number of anilines is 1. The van der Waals surface area contributed by atoms with Crippen LogP contribution in [0.5, 0.6) is 5.75 Å². The van der Waals surface area contributed by atoms with Gasteiger partial charge in [-0.2, -0.15) is 0 Å². The van der Waals surface area contributed by atoms with Crippen LogP contribution in [0.4, 0.5) is 5.95 Å². The standard InChI is InChI=1S/C22H23N3O2/c1-25-21(26)13-20(24-22(25)23)19-10-9-18(19)16-7-3-5-14(11-16)15-6-4-8-17(12-15)27-2/h3-8,11-13,18-19H,9-10H2,1-2H3,(H2,23,24)/t18-,19-/m0/s1. The molecule has 138 valence electrons. The molecule has 5 heteroatoms. The van der Waals surface area contributed by atoms with Gasteiger partial charge in [-0.25, -0.2) is 4.98 Å². The molecule has 1 heterocycles. The number of nitrogens with two attached hydrogens (primary N) is 1. The molecule has 0 aliphatic heterocycles. The molecule has 1 aliphatic carbocycles. The smallest absolute Gasteiger partial charge is 0.254 e. The third-order valence-corrected chi connectivity index (χ3v) is 5.56. The molecule has 3 aromatic rings. The van der Waals surface area contributed by atoms with E-state index in [1.807, 2.05) is 18.2 Å². The van der Waals surface area contributed by atoms with Crippen molar-refractivity contribution in [3.8, 4) is 16.9 Å². The van der Waals surface area contributed by atoms with Crippen LogP contribution in [-0.4, -0.2) is 16.7 Å². The van der Waals surface area contributed by atoms with Gasteiger partial charge in [0.05, 0.1) is 12.8 Å². The van der Waals surface area contributed by atoms with E-state index in [1.54, 1.807) is 20.2 Å². The first-order chi connectivity index (χ1) is 13.1. The fraction of sp³-hybridized carbons (Fsp3) is 0.273. The summed E-state index contributed by atoms with van der Waals surface area (Å²) < 4.78 is 6.72. The second-order valence-electron chi connectivity index (χ2n) is 7.08. The van der Waals surface area contributed by atoms with Crippen LogP contribution in [-0.2, 0) is 7.05 Å². The van der Waals surface area contributed by atoms with Crippen molar-refractivity contribution in [2.45, 2.75) is 24.7 Å². The maximum Gasteiger partial charge on any atom is 0.254 e. The van der Waals surface area contributed by atoms with Crippen molar-refractivity contribution in [3.05, 3.63) is 76.2 Å². The Kier molecular flexibility index (Phi) is 4.44. The number of benzene rings is 2. The molecule has 4 rings (SSSR count). The molecule has 0 bridgehead atoms. The van der Waals surface area contributed by atoms with E-state index in [0.29, 0.717) is 5.92 Å². The summed E-state index contributed by atoms with van der Waals surface area (Å²) in [7, 11) is 3.32. The zero-order chi connectivity index (χ0) is 19.0. The zero-order valence-electron chi connectivity index (χ0n) is 15.6. The van der Waals surface area contributed by atoms with Crippen LogP contribution >= 0.6 is 0 Å². The van der Waals surface area contributed by atoms with Crippen LogP contribution < -0.4 is 16.0 Å². The molecule has 27 heavy (non-hydrogen) atoms. The van der Waals surface area contributed by atoms with Gasteiger partial charge in [0, 0.05) is 19.0 Å². The molecule has 0 radical (unpaired) electrons. The summed E-state index contributed by atoms with van der Waals surface area (Å²) >= 11 is 0. The normalized spacial score (nSPS) is 18.7. The van der Waals surface area contributed by atoms with Crippen molar-refractivity contribution in [2.24, 2.45) is 7.05 Å². The predicted molar refractivity (Wildman–Crippen MR) is 107 cm³/mol. The molecule has 1 aromatic heterocycles. The van der Waals surface area contributed by atoms with Gasteiger partial charge in [0.25, 0.3) is 5.56 Å². The Hall–Kier alpha value is -3.08. The number of nitrogens with zero attached hydrogens (tertiary/aromatic N) is 2. The number of rotatable bonds is 4. The lowest BCUT2D eigenvalue weighted by atomic mass is 9.68. The van der Waals surface area contributed by atoms with Crippen LogP contribution in [0.25, 0.3) is 11.1 Å². The zero-order valence-corrected chi connectivity index (χ0v) is 15.6. The van der Waals surface area contributed by atoms with Gasteiger partial charge in [0.1, 0.15) is 5.75 Å². The average Bonchev–Trinajstić information content (AvgIpc) is 2.65. The monoisotopic (exact) mass is 361 g/mol. The lowest BCUT2D eigenvalue weighted by Crippen LogP contribution is -2.28. The van der Waals surface area contributed by atoms with E-state index >= 15 is 0 Å². The minimum atomic E-state index is -0.103. The van der Waals surface area contributed by atoms with Crippen molar-refractivity contribution in [1.29, 1.82) is 0 Å². The molecule has 0 amide bonds. The van der Waals surface area contributed by atoms with Crippen molar-refractivity contribution in [2.75, 3.05) is 12.8 Å². The molecule has 5 nitrogen and oxygen atoms in total. The van der Waals surface area contributed by atoms with Crippen molar-refractivity contribution in [3.63, 3.8) is 0 Å². The van der Waals surface area contributed by atoms with Gasteiger partial charge in [-0.15, -0.1) is 0 Å². The number of methoxy groups -OCH3 is 1. The Morgan fingerprint density at radius 1 is 1.04 bits per heavy atom. The molecule has 2 atom stereocenters. The van der Waals surface area contributed by atoms with E-state index in [4.69, 9.17) is 10.5 Å². The lowest BCUT2D eigenvalue weighted by Gasteiger charge is -2.37. The van der Waals surface area contributed by atoms with Crippen LogP contribution in [0, 0.1) is 0 Å². The average molecular weight is 361 g/mol. The van der Waals surface area contributed by atoms with E-state index in [-0.39, 0.29) is 17.4 Å². The SMILES string of the molecule is COc1cccc(-c2cccc([C@@H]3CC[C@@H]3c3cc(=O)n(C)c(N)n3)c2)c1. The van der Waals surface area contributed by atoms with E-state index in [9.17, 15) is 4.79 Å². The second-order valence-corrected chi connectivity index (χ2v) is 7.08. The highest BCUT2D eigenvalue weighted by molar-refractivity contribution is 5.66. The van der Waals surface area contributed by atoms with Gasteiger partial charge in [-0.1, -0.05) is 36.4 Å². The molecule has 0 unspecified atom stereocenters. The Balaban J connectivity index is 1.65. The molecule has 1 aliphatic rings. The summed E-state index contributed by atoms with van der Waals surface area (Å²) in [5, 5.41) is 0. The van der Waals surface area contributed by atoms with Gasteiger partial charge in [0.2, 0.25) is 5.95 Å². The van der Waals surface area contributed by atoms with Crippen LogP contribution in [0.3, 0.4) is 0 Å². The largest absolute Gasteiger partial charge is 0.497 e. The Labute approximate surface area is 158 Å². The molecule has 2 aromatic carbocycles. The third-order valence-electron chi connectivity index (χ3n) is 5.56. The Morgan fingerprint density at radius 3 is 2.41 bits per heavy atom. The van der Waals surface area contributed by atoms with Gasteiger partial charge >= 0.3 is 0 Å². The summed E-state index contributed by atoms with van der Waals surface area (Å²) in [6.45, 7) is 0. The number of aromatic nitrogens is 2. The first-order valence-corrected chi connectivity index (χ1v) is 9.14. The third kappa shape index (κ3) is 3.21. The number of hydrogen-bond donors (Lipinski definition) is 1. The molecule has 0 saturated heterocycles. The van der Waals surface area contributed by atoms with Crippen LogP contribution in [0.15, 0.2) is 59.4 Å². The molecular weight excluding hydrogens is 338 g/mol. The minimum absolute atomic E-state index is 0.103. The van der Waals surface area contributed by atoms with Gasteiger partial charge < -0.3 is 10.5 Å². The maximum absolute atomic E-state index is 12.1. The van der Waals surface area contributed by atoms with E-state index in [2.05, 4.69) is 35.3 Å². The summed E-state index contributed by atoms with van der Waals surface area (Å²) in [6.07, 6.45) is 2.11. The van der Waals surface area contributed by atoms with E-state index < -0.39 is 0 Å². The molecular formula is C22H23N3O2. The summed E-state index contributed by atoms with van der Waals surface area (Å²) in [5.41, 5.74) is 10.1. The van der Waals surface area contributed by atoms with Gasteiger partial charge in [-0.05, 0) is 47.6 Å². The van der Waals surface area contributed by atoms with Crippen molar-refractivity contribution in [1.82, 2.24) is 9.55 Å². The predicted octanol–water partition coefficient (Wildman–Crippen LogP) is 3.70. The summed E-state index contributed by atoms with van der Waals surface area (Å²) in [4.78, 5) is 16.5. The fourth-order valence-corrected chi connectivity index (χ4v) is 3.77. The topological polar surface area (TPSA) is 70.1 Å². The summed E-state index contributed by atoms with van der Waals surface area (Å²) in [6, 6.07) is 18.3. The Morgan fingerprint density at radius 2 is 1.74 bits per heavy atom. The number of hydrogen-bond acceptors (Lipinski definition) is 4. The summed E-state index contributed by atoms with van der Waals surface area (Å²) in [5.74, 6) is 1.71. The highest BCUT2D eigenvalue weighted by Crippen LogP contribution is 2.48. The molecule has 0 spiro atoms. The van der Waals surface area contributed by atoms with Crippen LogP contribution in [0.1, 0.15) is 35.9 Å². The highest BCUT2D eigenvalue weighted by atomic mass is 16.5. The lowest BCUT2D eigenvalue weighted by molar-refractivity contribution is 0.339. The molecule has 1 saturated carbocycles. The minimum Gasteiger partial charge on any atom is -0.497 e. The number of nitrogen functional groups attached to an aromatic ring is 1. The highest BCUT2D eigenvalue weighted by Gasteiger charge is 2.35. The maximum atomic E-state index is 12.1. The van der Waals surface area contributed by atoms with E-state index in [0.717, 1.165) is 35.4 Å². The van der Waals surface area contributed by atoms with E-state index in [1.165, 1.54) is 10.1 Å². The number of ether oxygens (including phenoxy) is 1. The van der Waals surface area contributed by atoms with Gasteiger partial charge in [-0.3, -0.25) is 9.36 Å². The van der Waals surface area contributed by atoms with Crippen LogP contribution in [0.2, 0.25) is 0 Å². The Bertz CT molecular complexity index is 1040.